The highest BCUT2D eigenvalue weighted by Gasteiger charge is 2.06. The third-order valence-corrected chi connectivity index (χ3v) is 3.10. The van der Waals surface area contributed by atoms with Crippen molar-refractivity contribution in [3.8, 4) is 17.6 Å². The highest BCUT2D eigenvalue weighted by molar-refractivity contribution is 5.96. The Hall–Kier alpha value is -3.06. The van der Waals surface area contributed by atoms with Gasteiger partial charge in [0.25, 0.3) is 0 Å². The van der Waals surface area contributed by atoms with E-state index >= 15 is 0 Å². The predicted molar refractivity (Wildman–Crippen MR) is 83.7 cm³/mol. The summed E-state index contributed by atoms with van der Waals surface area (Å²) >= 11 is 0. The second-order valence-corrected chi connectivity index (χ2v) is 4.92. The molecule has 0 aliphatic heterocycles. The smallest absolute Gasteiger partial charge is 0.346 e. The van der Waals surface area contributed by atoms with Crippen molar-refractivity contribution < 1.29 is 14.6 Å². The van der Waals surface area contributed by atoms with E-state index in [-0.39, 0.29) is 5.57 Å². The largest absolute Gasteiger partial charge is 0.477 e. The van der Waals surface area contributed by atoms with Gasteiger partial charge in [-0.1, -0.05) is 29.8 Å². The number of aliphatic carboxylic acids is 1. The summed E-state index contributed by atoms with van der Waals surface area (Å²) in [5, 5.41) is 17.6. The van der Waals surface area contributed by atoms with Crippen molar-refractivity contribution in [2.75, 3.05) is 0 Å². The zero-order chi connectivity index (χ0) is 16.1. The van der Waals surface area contributed by atoms with Gasteiger partial charge in [-0.3, -0.25) is 0 Å². The maximum absolute atomic E-state index is 10.8. The average Bonchev–Trinajstić information content (AvgIpc) is 2.49. The van der Waals surface area contributed by atoms with Crippen LogP contribution in [-0.2, 0) is 4.79 Å². The summed E-state index contributed by atoms with van der Waals surface area (Å²) < 4.78 is 5.80. The Kier molecular flexibility index (Phi) is 4.60. The van der Waals surface area contributed by atoms with Crippen molar-refractivity contribution in [3.63, 3.8) is 0 Å². The number of rotatable bonds is 4. The molecule has 0 radical (unpaired) electrons. The van der Waals surface area contributed by atoms with Crippen molar-refractivity contribution >= 4 is 12.0 Å². The summed E-state index contributed by atoms with van der Waals surface area (Å²) in [6.45, 7) is 4.00. The van der Waals surface area contributed by atoms with Crippen LogP contribution in [0.3, 0.4) is 0 Å². The lowest BCUT2D eigenvalue weighted by Gasteiger charge is -2.09. The summed E-state index contributed by atoms with van der Waals surface area (Å²) in [5.41, 5.74) is 2.54. The number of nitriles is 1. The molecule has 22 heavy (non-hydrogen) atoms. The van der Waals surface area contributed by atoms with E-state index in [4.69, 9.17) is 15.1 Å². The van der Waals surface area contributed by atoms with E-state index in [0.717, 1.165) is 11.3 Å². The molecule has 4 heteroatoms. The molecule has 4 nitrogen and oxygen atoms in total. The molecule has 0 spiro atoms. The van der Waals surface area contributed by atoms with Gasteiger partial charge in [0.1, 0.15) is 23.1 Å². The van der Waals surface area contributed by atoms with E-state index in [9.17, 15) is 4.79 Å². The van der Waals surface area contributed by atoms with E-state index in [2.05, 4.69) is 0 Å². The zero-order valence-electron chi connectivity index (χ0n) is 12.3. The Labute approximate surface area is 128 Å². The third-order valence-electron chi connectivity index (χ3n) is 3.10. The number of hydrogen-bond donors (Lipinski definition) is 1. The van der Waals surface area contributed by atoms with E-state index in [1.165, 1.54) is 11.6 Å². The Bertz CT molecular complexity index is 768. The quantitative estimate of drug-likeness (QED) is 0.681. The maximum atomic E-state index is 10.8. The molecule has 0 aliphatic carbocycles. The minimum Gasteiger partial charge on any atom is -0.477 e. The summed E-state index contributed by atoms with van der Waals surface area (Å²) in [7, 11) is 0. The standard InChI is InChI=1S/C18H15NO3/c1-12-3-8-17(13(2)9-12)22-16-6-4-14(5-7-16)10-15(11-19)18(20)21/h3-10H,1-2H3,(H,20,21). The van der Waals surface area contributed by atoms with Crippen LogP contribution in [0.4, 0.5) is 0 Å². The highest BCUT2D eigenvalue weighted by atomic mass is 16.5. The van der Waals surface area contributed by atoms with Gasteiger partial charge in [0.2, 0.25) is 0 Å². The number of aryl methyl sites for hydroxylation is 2. The number of carboxylic acid groups (broad SMARTS) is 1. The van der Waals surface area contributed by atoms with Crippen molar-refractivity contribution in [2.24, 2.45) is 0 Å². The van der Waals surface area contributed by atoms with Gasteiger partial charge in [-0.25, -0.2) is 4.79 Å². The first kappa shape index (κ1) is 15.3. The second kappa shape index (κ2) is 6.59. The van der Waals surface area contributed by atoms with Gasteiger partial charge < -0.3 is 9.84 Å². The fraction of sp³-hybridized carbons (Fsp3) is 0.111. The Morgan fingerprint density at radius 3 is 2.41 bits per heavy atom. The molecule has 0 aromatic heterocycles. The van der Waals surface area contributed by atoms with E-state index in [0.29, 0.717) is 11.3 Å². The molecule has 0 saturated carbocycles. The van der Waals surface area contributed by atoms with Crippen LogP contribution in [0.5, 0.6) is 11.5 Å². The third kappa shape index (κ3) is 3.74. The molecule has 110 valence electrons. The van der Waals surface area contributed by atoms with Crippen LogP contribution in [0.1, 0.15) is 16.7 Å². The molecule has 0 bridgehead atoms. The fourth-order valence-corrected chi connectivity index (χ4v) is 1.98. The molecular weight excluding hydrogens is 278 g/mol. The topological polar surface area (TPSA) is 70.3 Å². The van der Waals surface area contributed by atoms with Crippen molar-refractivity contribution in [1.29, 1.82) is 5.26 Å². The first-order valence-electron chi connectivity index (χ1n) is 6.70. The molecule has 0 unspecified atom stereocenters. The first-order chi connectivity index (χ1) is 10.5. The number of carboxylic acids is 1. The summed E-state index contributed by atoms with van der Waals surface area (Å²) in [4.78, 5) is 10.8. The maximum Gasteiger partial charge on any atom is 0.346 e. The molecule has 0 fully saturated rings. The molecule has 2 rings (SSSR count). The minimum atomic E-state index is -1.24. The summed E-state index contributed by atoms with van der Waals surface area (Å²) in [6.07, 6.45) is 1.32. The molecule has 0 amide bonds. The van der Waals surface area contributed by atoms with Crippen LogP contribution in [0.15, 0.2) is 48.0 Å². The van der Waals surface area contributed by atoms with E-state index in [1.807, 2.05) is 32.0 Å². The van der Waals surface area contributed by atoms with E-state index < -0.39 is 5.97 Å². The first-order valence-corrected chi connectivity index (χ1v) is 6.70. The van der Waals surface area contributed by atoms with Gasteiger partial charge in [0.05, 0.1) is 0 Å². The lowest BCUT2D eigenvalue weighted by molar-refractivity contribution is -0.132. The van der Waals surface area contributed by atoms with Crippen LogP contribution in [-0.4, -0.2) is 11.1 Å². The van der Waals surface area contributed by atoms with Crippen LogP contribution in [0, 0.1) is 25.2 Å². The number of ether oxygens (including phenoxy) is 1. The highest BCUT2D eigenvalue weighted by Crippen LogP contribution is 2.26. The Morgan fingerprint density at radius 2 is 1.86 bits per heavy atom. The number of hydrogen-bond acceptors (Lipinski definition) is 3. The van der Waals surface area contributed by atoms with Crippen molar-refractivity contribution in [1.82, 2.24) is 0 Å². The SMILES string of the molecule is Cc1ccc(Oc2ccc(C=C(C#N)C(=O)O)cc2)c(C)c1. The molecule has 0 saturated heterocycles. The van der Waals surface area contributed by atoms with Gasteiger partial charge in [-0.05, 0) is 49.2 Å². The number of carbonyl (C=O) groups is 1. The lowest BCUT2D eigenvalue weighted by Crippen LogP contribution is -1.97. The Morgan fingerprint density at radius 1 is 1.18 bits per heavy atom. The molecule has 1 N–H and O–H groups in total. The second-order valence-electron chi connectivity index (χ2n) is 4.92. The van der Waals surface area contributed by atoms with Gasteiger partial charge in [0, 0.05) is 0 Å². The minimum absolute atomic E-state index is 0.303. The van der Waals surface area contributed by atoms with Crippen molar-refractivity contribution in [3.05, 3.63) is 64.7 Å². The fourth-order valence-electron chi connectivity index (χ4n) is 1.98. The molecule has 0 atom stereocenters. The monoisotopic (exact) mass is 293 g/mol. The van der Waals surface area contributed by atoms with Gasteiger partial charge >= 0.3 is 5.97 Å². The Balaban J connectivity index is 2.19. The molecule has 0 heterocycles. The molecule has 2 aromatic rings. The molecule has 2 aromatic carbocycles. The van der Waals surface area contributed by atoms with Gasteiger partial charge in [-0.2, -0.15) is 5.26 Å². The summed E-state index contributed by atoms with van der Waals surface area (Å²) in [6, 6.07) is 14.5. The van der Waals surface area contributed by atoms with Crippen LogP contribution in [0.25, 0.3) is 6.08 Å². The molecule has 0 aliphatic rings. The number of nitrogens with zero attached hydrogens (tertiary/aromatic N) is 1. The average molecular weight is 293 g/mol. The van der Waals surface area contributed by atoms with Gasteiger partial charge in [0.15, 0.2) is 0 Å². The van der Waals surface area contributed by atoms with Crippen LogP contribution >= 0.6 is 0 Å². The number of benzene rings is 2. The van der Waals surface area contributed by atoms with Gasteiger partial charge in [-0.15, -0.1) is 0 Å². The lowest BCUT2D eigenvalue weighted by atomic mass is 10.1. The molecular formula is C18H15NO3. The normalized spacial score (nSPS) is 10.9. The predicted octanol–water partition coefficient (Wildman–Crippen LogP) is 4.09. The van der Waals surface area contributed by atoms with Crippen LogP contribution < -0.4 is 4.74 Å². The van der Waals surface area contributed by atoms with Crippen molar-refractivity contribution in [2.45, 2.75) is 13.8 Å². The summed E-state index contributed by atoms with van der Waals surface area (Å²) in [5.74, 6) is 0.188. The van der Waals surface area contributed by atoms with Crippen LogP contribution in [0.2, 0.25) is 0 Å². The van der Waals surface area contributed by atoms with E-state index in [1.54, 1.807) is 30.3 Å². The zero-order valence-corrected chi connectivity index (χ0v) is 12.3.